The van der Waals surface area contributed by atoms with E-state index in [9.17, 15) is 0 Å². The zero-order valence-electron chi connectivity index (χ0n) is 12.2. The van der Waals surface area contributed by atoms with Crippen molar-refractivity contribution in [3.8, 4) is 0 Å². The maximum Gasteiger partial charge on any atom is 0.0723 e. The van der Waals surface area contributed by atoms with Gasteiger partial charge in [0.15, 0.2) is 0 Å². The topological polar surface area (TPSA) is 28.2 Å². The van der Waals surface area contributed by atoms with Crippen molar-refractivity contribution >= 4 is 32.5 Å². The number of anilines is 1. The first-order valence-electron chi connectivity index (χ1n) is 7.25. The van der Waals surface area contributed by atoms with Gasteiger partial charge in [-0.3, -0.25) is 4.98 Å². The molecule has 1 aromatic carbocycles. The first-order chi connectivity index (χ1) is 9.74. The lowest BCUT2D eigenvalue weighted by atomic mass is 10.2. The van der Waals surface area contributed by atoms with Crippen molar-refractivity contribution in [3.63, 3.8) is 0 Å². The van der Waals surface area contributed by atoms with Crippen LogP contribution in [-0.4, -0.2) is 36.1 Å². The summed E-state index contributed by atoms with van der Waals surface area (Å²) in [6.07, 6.45) is 3.02. The van der Waals surface area contributed by atoms with Gasteiger partial charge >= 0.3 is 0 Å². The third-order valence-electron chi connectivity index (χ3n) is 3.56. The van der Waals surface area contributed by atoms with E-state index in [0.29, 0.717) is 0 Å². The number of fused-ring (bicyclic) bond motifs is 1. The van der Waals surface area contributed by atoms with Crippen LogP contribution in [-0.2, 0) is 0 Å². The fourth-order valence-electron chi connectivity index (χ4n) is 2.34. The summed E-state index contributed by atoms with van der Waals surface area (Å²) in [5, 5.41) is 4.70. The zero-order chi connectivity index (χ0) is 14.4. The van der Waals surface area contributed by atoms with E-state index in [1.807, 2.05) is 24.4 Å². The summed E-state index contributed by atoms with van der Waals surface area (Å²) in [5.74, 6) is 0. The summed E-state index contributed by atoms with van der Waals surface area (Å²) >= 11 is 3.52. The van der Waals surface area contributed by atoms with E-state index in [2.05, 4.69) is 51.0 Å². The molecule has 0 saturated carbocycles. The molecule has 0 spiro atoms. The Morgan fingerprint density at radius 1 is 1.20 bits per heavy atom. The minimum absolute atomic E-state index is 0.988. The average molecular weight is 336 g/mol. The summed E-state index contributed by atoms with van der Waals surface area (Å²) in [4.78, 5) is 6.84. The van der Waals surface area contributed by atoms with Gasteiger partial charge in [-0.2, -0.15) is 0 Å². The average Bonchev–Trinajstić information content (AvgIpc) is 2.47. The van der Waals surface area contributed by atoms with Crippen molar-refractivity contribution in [2.24, 2.45) is 0 Å². The van der Waals surface area contributed by atoms with Crippen LogP contribution in [0.25, 0.3) is 10.9 Å². The van der Waals surface area contributed by atoms with Crippen LogP contribution in [0.15, 0.2) is 34.9 Å². The van der Waals surface area contributed by atoms with Crippen molar-refractivity contribution in [3.05, 3.63) is 34.9 Å². The second-order valence-electron chi connectivity index (χ2n) is 4.83. The lowest BCUT2D eigenvalue weighted by Crippen LogP contribution is -2.25. The molecule has 2 rings (SSSR count). The molecule has 108 valence electrons. The first kappa shape index (κ1) is 15.3. The third-order valence-corrected chi connectivity index (χ3v) is 4.06. The standard InChI is InChI=1S/C16H22BrN3/c1-3-20(4-2)11-5-9-18-16-8-10-19-15-7-6-13(17)12-14(15)16/h6-8,10,12H,3-5,9,11H2,1-2H3,(H,18,19). The summed E-state index contributed by atoms with van der Waals surface area (Å²) in [6.45, 7) is 8.81. The molecule has 4 heteroatoms. The van der Waals surface area contributed by atoms with Crippen LogP contribution in [0, 0.1) is 0 Å². The van der Waals surface area contributed by atoms with E-state index in [0.717, 1.165) is 48.3 Å². The Labute approximate surface area is 129 Å². The number of hydrogen-bond donors (Lipinski definition) is 1. The molecule has 0 atom stereocenters. The van der Waals surface area contributed by atoms with Gasteiger partial charge in [0.05, 0.1) is 5.52 Å². The van der Waals surface area contributed by atoms with E-state index in [-0.39, 0.29) is 0 Å². The monoisotopic (exact) mass is 335 g/mol. The highest BCUT2D eigenvalue weighted by Crippen LogP contribution is 2.24. The number of rotatable bonds is 7. The molecule has 0 aliphatic heterocycles. The normalized spacial score (nSPS) is 11.2. The van der Waals surface area contributed by atoms with E-state index >= 15 is 0 Å². The Morgan fingerprint density at radius 2 is 2.00 bits per heavy atom. The van der Waals surface area contributed by atoms with Crippen LogP contribution in [0.4, 0.5) is 5.69 Å². The molecular formula is C16H22BrN3. The fourth-order valence-corrected chi connectivity index (χ4v) is 2.70. The minimum Gasteiger partial charge on any atom is -0.384 e. The van der Waals surface area contributed by atoms with E-state index in [1.165, 1.54) is 5.39 Å². The predicted molar refractivity (Wildman–Crippen MR) is 90.3 cm³/mol. The lowest BCUT2D eigenvalue weighted by molar-refractivity contribution is 0.303. The van der Waals surface area contributed by atoms with Gasteiger partial charge in [-0.15, -0.1) is 0 Å². The minimum atomic E-state index is 0.988. The second kappa shape index (κ2) is 7.60. The molecule has 0 saturated heterocycles. The highest BCUT2D eigenvalue weighted by molar-refractivity contribution is 9.10. The summed E-state index contributed by atoms with van der Waals surface area (Å²) in [7, 11) is 0. The van der Waals surface area contributed by atoms with Gasteiger partial charge in [-0.1, -0.05) is 29.8 Å². The molecule has 1 aromatic heterocycles. The van der Waals surface area contributed by atoms with Crippen molar-refractivity contribution in [1.29, 1.82) is 0 Å². The molecule has 20 heavy (non-hydrogen) atoms. The highest BCUT2D eigenvalue weighted by Gasteiger charge is 2.03. The molecule has 1 N–H and O–H groups in total. The van der Waals surface area contributed by atoms with Crippen molar-refractivity contribution in [2.45, 2.75) is 20.3 Å². The highest BCUT2D eigenvalue weighted by atomic mass is 79.9. The third kappa shape index (κ3) is 3.93. The van der Waals surface area contributed by atoms with Crippen LogP contribution in [0.1, 0.15) is 20.3 Å². The van der Waals surface area contributed by atoms with Crippen LogP contribution in [0.2, 0.25) is 0 Å². The van der Waals surface area contributed by atoms with Gasteiger partial charge in [0.2, 0.25) is 0 Å². The molecule has 0 aliphatic carbocycles. The quantitative estimate of drug-likeness (QED) is 0.770. The van der Waals surface area contributed by atoms with Crippen LogP contribution >= 0.6 is 15.9 Å². The molecule has 0 bridgehead atoms. The predicted octanol–water partition coefficient (Wildman–Crippen LogP) is 4.14. The molecular weight excluding hydrogens is 314 g/mol. The molecule has 2 aromatic rings. The van der Waals surface area contributed by atoms with Gasteiger partial charge in [-0.05, 0) is 50.3 Å². The van der Waals surface area contributed by atoms with Gasteiger partial charge < -0.3 is 10.2 Å². The number of pyridine rings is 1. The summed E-state index contributed by atoms with van der Waals surface area (Å²) in [5.41, 5.74) is 2.19. The molecule has 0 amide bonds. The second-order valence-corrected chi connectivity index (χ2v) is 5.74. The van der Waals surface area contributed by atoms with E-state index < -0.39 is 0 Å². The Kier molecular flexibility index (Phi) is 5.80. The van der Waals surface area contributed by atoms with E-state index in [1.54, 1.807) is 0 Å². The first-order valence-corrected chi connectivity index (χ1v) is 8.04. The van der Waals surface area contributed by atoms with Gasteiger partial charge in [0.1, 0.15) is 0 Å². The Hall–Kier alpha value is -1.13. The Morgan fingerprint density at radius 3 is 2.75 bits per heavy atom. The van der Waals surface area contributed by atoms with Crippen molar-refractivity contribution in [1.82, 2.24) is 9.88 Å². The number of halogens is 1. The van der Waals surface area contributed by atoms with Crippen LogP contribution < -0.4 is 5.32 Å². The maximum atomic E-state index is 4.40. The lowest BCUT2D eigenvalue weighted by Gasteiger charge is -2.18. The van der Waals surface area contributed by atoms with Gasteiger partial charge in [0.25, 0.3) is 0 Å². The largest absolute Gasteiger partial charge is 0.384 e. The smallest absolute Gasteiger partial charge is 0.0723 e. The van der Waals surface area contributed by atoms with Gasteiger partial charge in [-0.25, -0.2) is 0 Å². The number of benzene rings is 1. The molecule has 0 unspecified atom stereocenters. The molecule has 3 nitrogen and oxygen atoms in total. The number of nitrogens with zero attached hydrogens (tertiary/aromatic N) is 2. The fraction of sp³-hybridized carbons (Fsp3) is 0.438. The van der Waals surface area contributed by atoms with Crippen molar-refractivity contribution < 1.29 is 0 Å². The molecule has 0 aliphatic rings. The summed E-state index contributed by atoms with van der Waals surface area (Å²) < 4.78 is 1.09. The molecule has 1 heterocycles. The van der Waals surface area contributed by atoms with Crippen molar-refractivity contribution in [2.75, 3.05) is 31.5 Å². The molecule has 0 fully saturated rings. The number of nitrogens with one attached hydrogen (secondary N) is 1. The van der Waals surface area contributed by atoms with Crippen LogP contribution in [0.3, 0.4) is 0 Å². The van der Waals surface area contributed by atoms with Gasteiger partial charge in [0, 0.05) is 28.3 Å². The SMILES string of the molecule is CCN(CC)CCCNc1ccnc2ccc(Br)cc12. The molecule has 0 radical (unpaired) electrons. The number of hydrogen-bond acceptors (Lipinski definition) is 3. The Balaban J connectivity index is 1.98. The maximum absolute atomic E-state index is 4.40. The zero-order valence-corrected chi connectivity index (χ0v) is 13.8. The summed E-state index contributed by atoms with van der Waals surface area (Å²) in [6, 6.07) is 8.24. The number of aromatic nitrogens is 1. The van der Waals surface area contributed by atoms with Crippen LogP contribution in [0.5, 0.6) is 0 Å². The Bertz CT molecular complexity index is 552. The van der Waals surface area contributed by atoms with E-state index in [4.69, 9.17) is 0 Å².